The summed E-state index contributed by atoms with van der Waals surface area (Å²) in [4.78, 5) is 0. The summed E-state index contributed by atoms with van der Waals surface area (Å²) in [5.74, 6) is 0.317. The van der Waals surface area contributed by atoms with Crippen molar-refractivity contribution in [1.82, 2.24) is 10.2 Å². The molecule has 1 aromatic rings. The van der Waals surface area contributed by atoms with Gasteiger partial charge in [0, 0.05) is 12.1 Å². The lowest BCUT2D eigenvalue weighted by atomic mass is 10.2. The molecule has 0 radical (unpaired) electrons. The molecular weight excluding hydrogens is 273 g/mol. The number of nitrogens with zero attached hydrogens (tertiary/aromatic N) is 2. The first-order chi connectivity index (χ1) is 7.46. The van der Waals surface area contributed by atoms with Gasteiger partial charge in [-0.2, -0.15) is 0 Å². The van der Waals surface area contributed by atoms with Crippen LogP contribution < -0.4 is 5.32 Å². The van der Waals surface area contributed by atoms with Gasteiger partial charge in [-0.15, -0.1) is 10.2 Å². The van der Waals surface area contributed by atoms with Crippen molar-refractivity contribution in [2.45, 2.75) is 12.5 Å². The molecule has 2 rings (SSSR count). The lowest BCUT2D eigenvalue weighted by Crippen LogP contribution is -2.21. The Morgan fingerprint density at radius 3 is 2.75 bits per heavy atom. The SMILES string of the molecule is O=S1(=O)CCC(Nc2cc(Cl)nnc2Cl)C1. The molecule has 1 aliphatic rings. The summed E-state index contributed by atoms with van der Waals surface area (Å²) in [5, 5.41) is 10.6. The molecule has 1 aromatic heterocycles. The van der Waals surface area contributed by atoms with Crippen molar-refractivity contribution in [3.63, 3.8) is 0 Å². The molecule has 1 atom stereocenters. The second kappa shape index (κ2) is 4.35. The molecule has 1 fully saturated rings. The predicted molar refractivity (Wildman–Crippen MR) is 62.7 cm³/mol. The third-order valence-electron chi connectivity index (χ3n) is 2.31. The van der Waals surface area contributed by atoms with Gasteiger partial charge in [0.1, 0.15) is 0 Å². The van der Waals surface area contributed by atoms with E-state index >= 15 is 0 Å². The third-order valence-corrected chi connectivity index (χ3v) is 4.54. The maximum Gasteiger partial charge on any atom is 0.174 e. The lowest BCUT2D eigenvalue weighted by molar-refractivity contribution is 0.602. The zero-order chi connectivity index (χ0) is 11.8. The Kier molecular flexibility index (Phi) is 3.23. The van der Waals surface area contributed by atoms with Crippen LogP contribution in [0.2, 0.25) is 10.3 Å². The molecule has 5 nitrogen and oxygen atoms in total. The van der Waals surface area contributed by atoms with Crippen molar-refractivity contribution >= 4 is 38.7 Å². The molecule has 0 aromatic carbocycles. The zero-order valence-corrected chi connectivity index (χ0v) is 10.5. The largest absolute Gasteiger partial charge is 0.379 e. The summed E-state index contributed by atoms with van der Waals surface area (Å²) in [5.41, 5.74) is 0.517. The summed E-state index contributed by atoms with van der Waals surface area (Å²) in [6, 6.07) is 1.39. The Morgan fingerprint density at radius 1 is 1.38 bits per heavy atom. The Bertz CT molecular complexity index is 506. The van der Waals surface area contributed by atoms with Crippen molar-refractivity contribution in [3.8, 4) is 0 Å². The van der Waals surface area contributed by atoms with E-state index in [4.69, 9.17) is 23.2 Å². The highest BCUT2D eigenvalue weighted by molar-refractivity contribution is 7.91. The van der Waals surface area contributed by atoms with Crippen LogP contribution in [0, 0.1) is 0 Å². The smallest absolute Gasteiger partial charge is 0.174 e. The highest BCUT2D eigenvalue weighted by atomic mass is 35.5. The van der Waals surface area contributed by atoms with E-state index in [1.807, 2.05) is 0 Å². The summed E-state index contributed by atoms with van der Waals surface area (Å²) in [7, 11) is -2.91. The molecule has 88 valence electrons. The first-order valence-corrected chi connectivity index (χ1v) is 7.20. The quantitative estimate of drug-likeness (QED) is 0.887. The van der Waals surface area contributed by atoms with Gasteiger partial charge in [-0.05, 0) is 6.42 Å². The molecule has 0 aliphatic carbocycles. The van der Waals surface area contributed by atoms with Crippen molar-refractivity contribution in [2.24, 2.45) is 0 Å². The van der Waals surface area contributed by atoms with Crippen LogP contribution in [-0.4, -0.2) is 36.2 Å². The fraction of sp³-hybridized carbons (Fsp3) is 0.500. The molecule has 0 bridgehead atoms. The van der Waals surface area contributed by atoms with E-state index in [0.29, 0.717) is 12.1 Å². The normalized spacial score (nSPS) is 23.2. The second-order valence-electron chi connectivity index (χ2n) is 3.62. The van der Waals surface area contributed by atoms with Crippen LogP contribution >= 0.6 is 23.2 Å². The molecule has 1 unspecified atom stereocenters. The van der Waals surface area contributed by atoms with Crippen LogP contribution in [-0.2, 0) is 9.84 Å². The van der Waals surface area contributed by atoms with Gasteiger partial charge in [0.05, 0.1) is 17.2 Å². The molecule has 1 N–H and O–H groups in total. The van der Waals surface area contributed by atoms with Gasteiger partial charge in [0.2, 0.25) is 0 Å². The van der Waals surface area contributed by atoms with Gasteiger partial charge < -0.3 is 5.32 Å². The van der Waals surface area contributed by atoms with E-state index in [9.17, 15) is 8.42 Å². The predicted octanol–water partition coefficient (Wildman–Crippen LogP) is 1.38. The number of nitrogens with one attached hydrogen (secondary N) is 1. The van der Waals surface area contributed by atoms with Crippen molar-refractivity contribution in [3.05, 3.63) is 16.4 Å². The van der Waals surface area contributed by atoms with E-state index < -0.39 is 9.84 Å². The number of hydrogen-bond acceptors (Lipinski definition) is 5. The fourth-order valence-electron chi connectivity index (χ4n) is 1.58. The minimum atomic E-state index is -2.91. The first-order valence-electron chi connectivity index (χ1n) is 4.62. The number of aromatic nitrogens is 2. The molecule has 2 heterocycles. The van der Waals surface area contributed by atoms with Crippen LogP contribution in [0.15, 0.2) is 6.07 Å². The van der Waals surface area contributed by atoms with Crippen molar-refractivity contribution in [1.29, 1.82) is 0 Å². The van der Waals surface area contributed by atoms with Crippen LogP contribution in [0.25, 0.3) is 0 Å². The zero-order valence-electron chi connectivity index (χ0n) is 8.15. The highest BCUT2D eigenvalue weighted by Gasteiger charge is 2.28. The minimum Gasteiger partial charge on any atom is -0.379 e. The Labute approximate surface area is 103 Å². The van der Waals surface area contributed by atoms with E-state index in [-0.39, 0.29) is 27.9 Å². The molecule has 16 heavy (non-hydrogen) atoms. The Balaban J connectivity index is 2.13. The van der Waals surface area contributed by atoms with E-state index in [1.54, 1.807) is 0 Å². The number of rotatable bonds is 2. The molecule has 1 saturated heterocycles. The number of hydrogen-bond donors (Lipinski definition) is 1. The second-order valence-corrected chi connectivity index (χ2v) is 6.59. The minimum absolute atomic E-state index is 0.114. The fourth-order valence-corrected chi connectivity index (χ4v) is 3.55. The summed E-state index contributed by atoms with van der Waals surface area (Å²) >= 11 is 11.5. The average molecular weight is 282 g/mol. The maximum absolute atomic E-state index is 11.3. The van der Waals surface area contributed by atoms with Crippen LogP contribution in [0.5, 0.6) is 0 Å². The Hall–Kier alpha value is -0.590. The topological polar surface area (TPSA) is 72.0 Å². The van der Waals surface area contributed by atoms with Gasteiger partial charge in [0.15, 0.2) is 20.1 Å². The average Bonchev–Trinajstić information content (AvgIpc) is 2.52. The Morgan fingerprint density at radius 2 is 2.12 bits per heavy atom. The monoisotopic (exact) mass is 281 g/mol. The standard InChI is InChI=1S/C8H9Cl2N3O2S/c9-7-3-6(8(10)13-12-7)11-5-1-2-16(14,15)4-5/h3,5H,1-2,4H2,(H,11,12). The lowest BCUT2D eigenvalue weighted by Gasteiger charge is -2.12. The molecule has 0 amide bonds. The van der Waals surface area contributed by atoms with E-state index in [0.717, 1.165) is 0 Å². The van der Waals surface area contributed by atoms with Gasteiger partial charge in [-0.25, -0.2) is 8.42 Å². The van der Waals surface area contributed by atoms with Crippen LogP contribution in [0.1, 0.15) is 6.42 Å². The van der Waals surface area contributed by atoms with E-state index in [1.165, 1.54) is 6.07 Å². The first kappa shape index (κ1) is 11.9. The highest BCUT2D eigenvalue weighted by Crippen LogP contribution is 2.24. The van der Waals surface area contributed by atoms with Crippen molar-refractivity contribution < 1.29 is 8.42 Å². The van der Waals surface area contributed by atoms with Gasteiger partial charge >= 0.3 is 0 Å². The van der Waals surface area contributed by atoms with Gasteiger partial charge in [-0.3, -0.25) is 0 Å². The molecule has 1 aliphatic heterocycles. The van der Waals surface area contributed by atoms with E-state index in [2.05, 4.69) is 15.5 Å². The van der Waals surface area contributed by atoms with Crippen LogP contribution in [0.3, 0.4) is 0 Å². The molecule has 0 saturated carbocycles. The molecule has 8 heteroatoms. The molecule has 0 spiro atoms. The molecular formula is C8H9Cl2N3O2S. The maximum atomic E-state index is 11.3. The number of sulfone groups is 1. The van der Waals surface area contributed by atoms with Crippen LogP contribution in [0.4, 0.5) is 5.69 Å². The number of halogens is 2. The summed E-state index contributed by atoms with van der Waals surface area (Å²) < 4.78 is 22.5. The summed E-state index contributed by atoms with van der Waals surface area (Å²) in [6.45, 7) is 0. The third kappa shape index (κ3) is 2.75. The van der Waals surface area contributed by atoms with Gasteiger partial charge in [-0.1, -0.05) is 23.2 Å². The van der Waals surface area contributed by atoms with Crippen molar-refractivity contribution in [2.75, 3.05) is 16.8 Å². The summed E-state index contributed by atoms with van der Waals surface area (Å²) in [6.07, 6.45) is 0.568. The number of anilines is 1. The van der Waals surface area contributed by atoms with Gasteiger partial charge in [0.25, 0.3) is 0 Å².